The van der Waals surface area contributed by atoms with Gasteiger partial charge >= 0.3 is 6.18 Å². The highest BCUT2D eigenvalue weighted by molar-refractivity contribution is 5.42. The van der Waals surface area contributed by atoms with E-state index in [0.29, 0.717) is 12.4 Å². The van der Waals surface area contributed by atoms with E-state index in [4.69, 9.17) is 0 Å². The van der Waals surface area contributed by atoms with Gasteiger partial charge in [-0.05, 0) is 38.1 Å². The summed E-state index contributed by atoms with van der Waals surface area (Å²) >= 11 is 0. The first-order valence-corrected chi connectivity index (χ1v) is 6.35. The fraction of sp³-hybridized carbons (Fsp3) is 0.615. The summed E-state index contributed by atoms with van der Waals surface area (Å²) in [7, 11) is 0. The number of rotatable bonds is 6. The molecule has 0 fully saturated rings. The predicted molar refractivity (Wildman–Crippen MR) is 70.3 cm³/mol. The number of aromatic nitrogens is 1. The molecule has 1 heterocycles. The Morgan fingerprint density at radius 2 is 1.95 bits per heavy atom. The van der Waals surface area contributed by atoms with Crippen molar-refractivity contribution >= 4 is 5.82 Å². The van der Waals surface area contributed by atoms with Gasteiger partial charge in [-0.15, -0.1) is 0 Å². The third kappa shape index (κ3) is 5.46. The van der Waals surface area contributed by atoms with Crippen LogP contribution in [0.5, 0.6) is 0 Å². The van der Waals surface area contributed by atoms with Gasteiger partial charge in [0, 0.05) is 18.8 Å². The van der Waals surface area contributed by atoms with E-state index in [1.54, 1.807) is 19.9 Å². The summed E-state index contributed by atoms with van der Waals surface area (Å²) in [5.41, 5.74) is 1.68. The summed E-state index contributed by atoms with van der Waals surface area (Å²) in [4.78, 5) is 5.43. The van der Waals surface area contributed by atoms with Crippen LogP contribution in [0.1, 0.15) is 25.1 Å². The van der Waals surface area contributed by atoms with Crippen molar-refractivity contribution < 1.29 is 13.2 Å². The van der Waals surface area contributed by atoms with Gasteiger partial charge in [-0.1, -0.05) is 6.92 Å². The number of nitrogens with one attached hydrogen (secondary N) is 1. The number of halogens is 3. The van der Waals surface area contributed by atoms with Gasteiger partial charge in [-0.2, -0.15) is 13.2 Å². The van der Waals surface area contributed by atoms with Gasteiger partial charge in [-0.25, -0.2) is 4.98 Å². The quantitative estimate of drug-likeness (QED) is 0.865. The Morgan fingerprint density at radius 3 is 2.47 bits per heavy atom. The summed E-state index contributed by atoms with van der Waals surface area (Å²) in [5.74, 6) is 0.382. The maximum Gasteiger partial charge on any atom is 0.405 e. The van der Waals surface area contributed by atoms with Crippen LogP contribution in [0.15, 0.2) is 12.1 Å². The van der Waals surface area contributed by atoms with Crippen LogP contribution in [0.2, 0.25) is 0 Å². The summed E-state index contributed by atoms with van der Waals surface area (Å²) in [6.07, 6.45) is -4.22. The second kappa shape index (κ2) is 6.75. The predicted octanol–water partition coefficient (Wildman–Crippen LogP) is 2.89. The molecule has 0 aliphatic carbocycles. The third-order valence-electron chi connectivity index (χ3n) is 2.65. The lowest BCUT2D eigenvalue weighted by Crippen LogP contribution is -2.34. The highest BCUT2D eigenvalue weighted by Gasteiger charge is 2.30. The van der Waals surface area contributed by atoms with Crippen LogP contribution in [-0.4, -0.2) is 30.8 Å². The number of hydrogen-bond donors (Lipinski definition) is 1. The van der Waals surface area contributed by atoms with Crippen LogP contribution >= 0.6 is 0 Å². The Morgan fingerprint density at radius 1 is 1.26 bits per heavy atom. The normalized spacial score (nSPS) is 11.7. The molecule has 0 spiro atoms. The summed E-state index contributed by atoms with van der Waals surface area (Å²) in [6.45, 7) is 6.22. The lowest BCUT2D eigenvalue weighted by molar-refractivity contribution is -0.119. The monoisotopic (exact) mass is 275 g/mol. The van der Waals surface area contributed by atoms with Crippen LogP contribution in [-0.2, 0) is 6.54 Å². The van der Waals surface area contributed by atoms with Crippen LogP contribution in [0.25, 0.3) is 0 Å². The molecule has 0 saturated heterocycles. The zero-order chi connectivity index (χ0) is 14.5. The number of aryl methyl sites for hydroxylation is 1. The minimum absolute atomic E-state index is 0.274. The molecule has 0 aromatic carbocycles. The van der Waals surface area contributed by atoms with Crippen molar-refractivity contribution in [2.45, 2.75) is 33.5 Å². The van der Waals surface area contributed by atoms with E-state index in [2.05, 4.69) is 10.3 Å². The van der Waals surface area contributed by atoms with Gasteiger partial charge in [0.1, 0.15) is 12.4 Å². The third-order valence-corrected chi connectivity index (χ3v) is 2.65. The van der Waals surface area contributed by atoms with Crippen LogP contribution in [0.3, 0.4) is 0 Å². The average Bonchev–Trinajstić information content (AvgIpc) is 2.31. The van der Waals surface area contributed by atoms with E-state index in [1.165, 1.54) is 4.90 Å². The largest absolute Gasteiger partial charge is 0.405 e. The van der Waals surface area contributed by atoms with Crippen molar-refractivity contribution in [2.75, 3.05) is 24.5 Å². The molecule has 19 heavy (non-hydrogen) atoms. The molecule has 0 aliphatic heterocycles. The molecule has 0 bridgehead atoms. The molecule has 1 rings (SSSR count). The number of anilines is 1. The van der Waals surface area contributed by atoms with Crippen LogP contribution in [0, 0.1) is 6.92 Å². The van der Waals surface area contributed by atoms with Crippen molar-refractivity contribution in [3.8, 4) is 0 Å². The molecule has 3 nitrogen and oxygen atoms in total. The molecule has 0 atom stereocenters. The first-order valence-electron chi connectivity index (χ1n) is 6.35. The maximum atomic E-state index is 12.5. The number of alkyl halides is 3. The van der Waals surface area contributed by atoms with E-state index < -0.39 is 12.7 Å². The van der Waals surface area contributed by atoms with Gasteiger partial charge in [0.05, 0.1) is 0 Å². The summed E-state index contributed by atoms with van der Waals surface area (Å²) < 4.78 is 37.5. The van der Waals surface area contributed by atoms with Crippen molar-refractivity contribution in [1.29, 1.82) is 0 Å². The molecule has 1 aromatic rings. The Kier molecular flexibility index (Phi) is 5.60. The SMILES string of the molecule is CCNCc1cc(C)nc(N(CC)CC(F)(F)F)c1. The molecule has 1 N–H and O–H groups in total. The van der Waals surface area contributed by atoms with E-state index in [1.807, 2.05) is 13.0 Å². The molecule has 0 saturated carbocycles. The first-order chi connectivity index (χ1) is 8.85. The molecular weight excluding hydrogens is 255 g/mol. The fourth-order valence-electron chi connectivity index (χ4n) is 1.83. The smallest absolute Gasteiger partial charge is 0.348 e. The Bertz CT molecular complexity index is 405. The fourth-order valence-corrected chi connectivity index (χ4v) is 1.83. The van der Waals surface area contributed by atoms with Crippen molar-refractivity contribution in [1.82, 2.24) is 10.3 Å². The van der Waals surface area contributed by atoms with Crippen LogP contribution < -0.4 is 10.2 Å². The minimum Gasteiger partial charge on any atom is -0.348 e. The van der Waals surface area contributed by atoms with E-state index >= 15 is 0 Å². The van der Waals surface area contributed by atoms with Crippen molar-refractivity contribution in [3.63, 3.8) is 0 Å². The average molecular weight is 275 g/mol. The summed E-state index contributed by atoms with van der Waals surface area (Å²) in [6, 6.07) is 3.60. The molecule has 0 radical (unpaired) electrons. The van der Waals surface area contributed by atoms with Crippen molar-refractivity contribution in [3.05, 3.63) is 23.4 Å². The zero-order valence-electron chi connectivity index (χ0n) is 11.5. The molecule has 0 amide bonds. The van der Waals surface area contributed by atoms with E-state index in [0.717, 1.165) is 17.8 Å². The highest BCUT2D eigenvalue weighted by atomic mass is 19.4. The molecule has 108 valence electrons. The Labute approximate surface area is 111 Å². The minimum atomic E-state index is -4.22. The Hall–Kier alpha value is -1.30. The molecule has 1 aromatic heterocycles. The van der Waals surface area contributed by atoms with E-state index in [-0.39, 0.29) is 6.54 Å². The van der Waals surface area contributed by atoms with Gasteiger partial charge in [0.2, 0.25) is 0 Å². The molecular formula is C13H20F3N3. The first kappa shape index (κ1) is 15.8. The highest BCUT2D eigenvalue weighted by Crippen LogP contribution is 2.21. The van der Waals surface area contributed by atoms with Gasteiger partial charge < -0.3 is 10.2 Å². The number of hydrogen-bond acceptors (Lipinski definition) is 3. The topological polar surface area (TPSA) is 28.2 Å². The maximum absolute atomic E-state index is 12.5. The molecule has 6 heteroatoms. The lowest BCUT2D eigenvalue weighted by Gasteiger charge is -2.24. The second-order valence-corrected chi connectivity index (χ2v) is 4.38. The van der Waals surface area contributed by atoms with E-state index in [9.17, 15) is 13.2 Å². The zero-order valence-corrected chi connectivity index (χ0v) is 11.5. The van der Waals surface area contributed by atoms with Gasteiger partial charge in [-0.3, -0.25) is 0 Å². The Balaban J connectivity index is 2.93. The van der Waals surface area contributed by atoms with Crippen molar-refractivity contribution in [2.24, 2.45) is 0 Å². The van der Waals surface area contributed by atoms with Gasteiger partial charge in [0.25, 0.3) is 0 Å². The second-order valence-electron chi connectivity index (χ2n) is 4.38. The lowest BCUT2D eigenvalue weighted by atomic mass is 10.2. The standard InChI is InChI=1S/C13H20F3N3/c1-4-17-8-11-6-10(3)18-12(7-11)19(5-2)9-13(14,15)16/h6-7,17H,4-5,8-9H2,1-3H3. The molecule has 0 aliphatic rings. The number of pyridine rings is 1. The number of nitrogens with zero attached hydrogens (tertiary/aromatic N) is 2. The van der Waals surface area contributed by atoms with Crippen LogP contribution in [0.4, 0.5) is 19.0 Å². The molecule has 0 unspecified atom stereocenters. The summed E-state index contributed by atoms with van der Waals surface area (Å²) in [5, 5.41) is 3.16. The van der Waals surface area contributed by atoms with Gasteiger partial charge in [0.15, 0.2) is 0 Å².